The Balaban J connectivity index is 4.67. The first-order chi connectivity index (χ1) is 5.35. The van der Waals surface area contributed by atoms with E-state index in [1.165, 1.54) is 0 Å². The molecule has 6 heteroatoms. The fourth-order valence-electron chi connectivity index (χ4n) is 0.756. The van der Waals surface area contributed by atoms with E-state index in [-0.39, 0.29) is 13.2 Å². The van der Waals surface area contributed by atoms with Crippen molar-refractivity contribution < 1.29 is 23.8 Å². The second-order valence-corrected chi connectivity index (χ2v) is 5.94. The molecule has 12 heavy (non-hydrogen) atoms. The summed E-state index contributed by atoms with van der Waals surface area (Å²) >= 11 is 0. The summed E-state index contributed by atoms with van der Waals surface area (Å²) < 4.78 is 9.57. The minimum atomic E-state index is -4.38. The summed E-state index contributed by atoms with van der Waals surface area (Å²) in [5, 5.41) is 8.71. The van der Waals surface area contributed by atoms with E-state index in [0.717, 1.165) is 6.66 Å². The number of hydrogen-bond donors (Lipinski definition) is 2. The van der Waals surface area contributed by atoms with E-state index in [1.54, 1.807) is 13.8 Å². The van der Waals surface area contributed by atoms with Crippen LogP contribution in [0.2, 0.25) is 0 Å². The molecular weight excluding hydrogens is 183 g/mol. The normalized spacial score (nSPS) is 15.2. The molecule has 0 aromatic rings. The Morgan fingerprint density at radius 2 is 1.67 bits per heavy atom. The van der Waals surface area contributed by atoms with Gasteiger partial charge in [-0.2, -0.15) is 0 Å². The molecule has 2 N–H and O–H groups in total. The first-order valence-electron chi connectivity index (χ1n) is 3.66. The van der Waals surface area contributed by atoms with Crippen molar-refractivity contribution in [2.45, 2.75) is 13.8 Å². The predicted octanol–water partition coefficient (Wildman–Crippen LogP) is 1.66. The Hall–Kier alpha value is -0.220. The number of hydrogen-bond acceptors (Lipinski definition) is 4. The van der Waals surface area contributed by atoms with Crippen molar-refractivity contribution in [3.05, 3.63) is 0 Å². The van der Waals surface area contributed by atoms with Gasteiger partial charge in [-0.25, -0.2) is 0 Å². The average Bonchev–Trinajstić information content (AvgIpc) is 1.87. The second-order valence-electron chi connectivity index (χ2n) is 2.43. The maximum absolute atomic E-state index is 10.7. The van der Waals surface area contributed by atoms with Gasteiger partial charge in [0.25, 0.3) is 0 Å². The van der Waals surface area contributed by atoms with Gasteiger partial charge in [0.2, 0.25) is 0 Å². The molecule has 0 spiro atoms. The van der Waals surface area contributed by atoms with E-state index in [4.69, 9.17) is 14.2 Å². The molecule has 0 saturated heterocycles. The van der Waals surface area contributed by atoms with Crippen LogP contribution in [-0.2, 0) is 9.05 Å². The van der Waals surface area contributed by atoms with Crippen molar-refractivity contribution in [2.24, 2.45) is 0 Å². The molecule has 0 amide bonds. The molecule has 0 fully saturated rings. The van der Waals surface area contributed by atoms with E-state index >= 15 is 0 Å². The third-order valence-corrected chi connectivity index (χ3v) is 3.90. The molecule has 0 heterocycles. The molecule has 0 aliphatic carbocycles. The summed E-state index contributed by atoms with van der Waals surface area (Å²) in [5.41, 5.74) is -1.43. The van der Waals surface area contributed by atoms with Crippen LogP contribution in [0.3, 0.4) is 0 Å². The zero-order valence-electron chi connectivity index (χ0n) is 7.48. The fourth-order valence-corrected chi connectivity index (χ4v) is 2.27. The van der Waals surface area contributed by atoms with Crippen LogP contribution in [0, 0.1) is 0 Å². The van der Waals surface area contributed by atoms with Gasteiger partial charge in [0, 0.05) is 0 Å². The van der Waals surface area contributed by atoms with E-state index in [9.17, 15) is 9.69 Å². The van der Waals surface area contributed by atoms with Gasteiger partial charge in [0.05, 0.1) is 0 Å². The van der Waals surface area contributed by atoms with Crippen molar-refractivity contribution in [1.29, 1.82) is 0 Å². The van der Waals surface area contributed by atoms with Crippen LogP contribution in [0.4, 0.5) is 4.79 Å². The molecule has 0 rings (SSSR count). The van der Waals surface area contributed by atoms with Gasteiger partial charge in [-0.3, -0.25) is 0 Å². The fraction of sp³-hybridized carbons (Fsp3) is 0.833. The summed E-state index contributed by atoms with van der Waals surface area (Å²) in [6, 6.07) is 0. The molecule has 0 saturated carbocycles. The van der Waals surface area contributed by atoms with Crippen molar-refractivity contribution >= 4 is 13.0 Å². The van der Waals surface area contributed by atoms with Gasteiger partial charge in [-0.1, -0.05) is 0 Å². The second kappa shape index (κ2) is 3.66. The summed E-state index contributed by atoms with van der Waals surface area (Å²) in [4.78, 5) is 20.3. The molecular formula is C6H15O5P. The quantitative estimate of drug-likeness (QED) is 0.657. The van der Waals surface area contributed by atoms with Crippen LogP contribution < -0.4 is 0 Å². The van der Waals surface area contributed by atoms with Gasteiger partial charge in [-0.15, -0.1) is 0 Å². The Morgan fingerprint density at radius 3 is 1.83 bits per heavy atom. The maximum atomic E-state index is 10.7. The SMILES string of the molecule is CCOP(C)(O)(OCC)C(=O)O. The Labute approximate surface area is 71.5 Å². The molecule has 0 aromatic carbocycles. The van der Waals surface area contributed by atoms with Crippen molar-refractivity contribution in [2.75, 3.05) is 19.9 Å². The van der Waals surface area contributed by atoms with Gasteiger partial charge in [-0.05, 0) is 0 Å². The number of carboxylic acid groups (broad SMARTS) is 1. The van der Waals surface area contributed by atoms with Gasteiger partial charge in [0.15, 0.2) is 0 Å². The van der Waals surface area contributed by atoms with Crippen LogP contribution in [0.25, 0.3) is 0 Å². The van der Waals surface area contributed by atoms with Crippen LogP contribution in [0.1, 0.15) is 13.8 Å². The van der Waals surface area contributed by atoms with Gasteiger partial charge < -0.3 is 0 Å². The summed E-state index contributed by atoms with van der Waals surface area (Å²) in [5.74, 6) is 0. The monoisotopic (exact) mass is 198 g/mol. The molecule has 0 aromatic heterocycles. The van der Waals surface area contributed by atoms with Gasteiger partial charge in [0.1, 0.15) is 0 Å². The molecule has 0 bridgehead atoms. The number of rotatable bonds is 5. The van der Waals surface area contributed by atoms with E-state index in [2.05, 4.69) is 0 Å². The van der Waals surface area contributed by atoms with E-state index < -0.39 is 13.0 Å². The topological polar surface area (TPSA) is 76.0 Å². The Morgan fingerprint density at radius 1 is 1.33 bits per heavy atom. The van der Waals surface area contributed by atoms with Crippen LogP contribution in [0.5, 0.6) is 0 Å². The van der Waals surface area contributed by atoms with Crippen LogP contribution in [-0.4, -0.2) is 35.6 Å². The first kappa shape index (κ1) is 11.8. The predicted molar refractivity (Wildman–Crippen MR) is 46.3 cm³/mol. The molecule has 0 unspecified atom stereocenters. The summed E-state index contributed by atoms with van der Waals surface area (Å²) in [6.45, 7) is 4.52. The van der Waals surface area contributed by atoms with E-state index in [1.807, 2.05) is 0 Å². The van der Waals surface area contributed by atoms with E-state index in [0.29, 0.717) is 0 Å². The molecule has 5 nitrogen and oxygen atoms in total. The van der Waals surface area contributed by atoms with Gasteiger partial charge >= 0.3 is 70.6 Å². The molecule has 74 valence electrons. The Kier molecular flexibility index (Phi) is 3.59. The standard InChI is InChI=1S/C6H15O5P/c1-4-10-12(3,9,6(7)8)11-5-2/h9H,4-5H2,1-3H3,(H,7,8). The van der Waals surface area contributed by atoms with Crippen LogP contribution in [0.15, 0.2) is 0 Å². The van der Waals surface area contributed by atoms with Crippen molar-refractivity contribution in [3.63, 3.8) is 0 Å². The Bertz CT molecular complexity index is 169. The zero-order chi connectivity index (χ0) is 9.85. The summed E-state index contributed by atoms with van der Waals surface area (Å²) in [6.07, 6.45) is 0. The average molecular weight is 198 g/mol. The number of carbonyl (C=O) groups is 1. The molecule has 0 aliphatic heterocycles. The zero-order valence-corrected chi connectivity index (χ0v) is 8.38. The third kappa shape index (κ3) is 2.38. The summed E-state index contributed by atoms with van der Waals surface area (Å²) in [7, 11) is -4.38. The van der Waals surface area contributed by atoms with Crippen molar-refractivity contribution in [1.82, 2.24) is 0 Å². The van der Waals surface area contributed by atoms with Crippen molar-refractivity contribution in [3.8, 4) is 0 Å². The molecule has 0 radical (unpaired) electrons. The van der Waals surface area contributed by atoms with Crippen LogP contribution >= 0.6 is 7.28 Å². The third-order valence-electron chi connectivity index (χ3n) is 1.30. The molecule has 0 aliphatic rings. The molecule has 0 atom stereocenters. The minimum absolute atomic E-state index is 0.108. The first-order valence-corrected chi connectivity index (χ1v) is 6.13.